The summed E-state index contributed by atoms with van der Waals surface area (Å²) in [5.74, 6) is -0.128. The van der Waals surface area contributed by atoms with Gasteiger partial charge < -0.3 is 5.32 Å². The third kappa shape index (κ3) is 3.02. The van der Waals surface area contributed by atoms with Gasteiger partial charge in [-0.2, -0.15) is 0 Å². The lowest BCUT2D eigenvalue weighted by Crippen LogP contribution is -2.47. The summed E-state index contributed by atoms with van der Waals surface area (Å²) in [6, 6.07) is 15.9. The molecule has 5 heteroatoms. The number of carbonyl (C=O) groups excluding carboxylic acids is 2. The van der Waals surface area contributed by atoms with Gasteiger partial charge in [-0.1, -0.05) is 48.5 Å². The SMILES string of the molecule is Cc1ccccc1CN(C)CN1C(=O)N[C@@]2(CCCc3ccccc32)C1=O. The lowest BCUT2D eigenvalue weighted by atomic mass is 9.76. The van der Waals surface area contributed by atoms with Gasteiger partial charge in [0.1, 0.15) is 5.54 Å². The van der Waals surface area contributed by atoms with Crippen LogP contribution in [0.3, 0.4) is 0 Å². The minimum absolute atomic E-state index is 0.128. The number of imide groups is 1. The number of urea groups is 1. The Labute approximate surface area is 160 Å². The van der Waals surface area contributed by atoms with E-state index in [1.54, 1.807) is 0 Å². The van der Waals surface area contributed by atoms with Crippen LogP contribution in [0.1, 0.15) is 35.1 Å². The van der Waals surface area contributed by atoms with E-state index in [0.717, 1.165) is 24.0 Å². The Balaban J connectivity index is 1.55. The number of nitrogens with one attached hydrogen (secondary N) is 1. The van der Waals surface area contributed by atoms with Crippen molar-refractivity contribution in [1.82, 2.24) is 15.1 Å². The fourth-order valence-electron chi connectivity index (χ4n) is 4.31. The van der Waals surface area contributed by atoms with Crippen LogP contribution >= 0.6 is 0 Å². The maximum Gasteiger partial charge on any atom is 0.326 e. The first-order valence-electron chi connectivity index (χ1n) is 9.47. The number of aryl methyl sites for hydroxylation is 2. The fraction of sp³-hybridized carbons (Fsp3) is 0.364. The minimum Gasteiger partial charge on any atom is -0.319 e. The van der Waals surface area contributed by atoms with E-state index < -0.39 is 5.54 Å². The molecule has 1 aliphatic heterocycles. The molecule has 5 nitrogen and oxygen atoms in total. The summed E-state index contributed by atoms with van der Waals surface area (Å²) in [4.78, 5) is 29.4. The van der Waals surface area contributed by atoms with Crippen molar-refractivity contribution in [3.05, 3.63) is 70.8 Å². The number of hydrogen-bond acceptors (Lipinski definition) is 3. The average Bonchev–Trinajstić information content (AvgIpc) is 2.89. The van der Waals surface area contributed by atoms with Crippen LogP contribution in [-0.2, 0) is 23.3 Å². The van der Waals surface area contributed by atoms with Gasteiger partial charge in [0.15, 0.2) is 0 Å². The van der Waals surface area contributed by atoms with Crippen LogP contribution in [-0.4, -0.2) is 35.5 Å². The molecule has 27 heavy (non-hydrogen) atoms. The quantitative estimate of drug-likeness (QED) is 0.849. The van der Waals surface area contributed by atoms with E-state index in [4.69, 9.17) is 0 Å². The summed E-state index contributed by atoms with van der Waals surface area (Å²) < 4.78 is 0. The standard InChI is InChI=1S/C22H25N3O2/c1-16-8-3-4-10-18(16)14-24(2)15-25-20(26)22(23-21(25)27)13-7-11-17-9-5-6-12-19(17)22/h3-6,8-10,12H,7,11,13-15H2,1-2H3,(H,23,27)/t22-/m1/s1. The summed E-state index contributed by atoms with van der Waals surface area (Å²) in [6.45, 7) is 3.04. The minimum atomic E-state index is -0.893. The zero-order valence-electron chi connectivity index (χ0n) is 15.9. The van der Waals surface area contributed by atoms with Crippen molar-refractivity contribution in [2.45, 2.75) is 38.3 Å². The van der Waals surface area contributed by atoms with Crippen LogP contribution in [0, 0.1) is 6.92 Å². The summed E-state index contributed by atoms with van der Waals surface area (Å²) in [7, 11) is 1.94. The molecule has 0 radical (unpaired) electrons. The molecule has 4 rings (SSSR count). The van der Waals surface area contributed by atoms with Gasteiger partial charge in [0.2, 0.25) is 0 Å². The first-order valence-corrected chi connectivity index (χ1v) is 9.47. The van der Waals surface area contributed by atoms with E-state index in [9.17, 15) is 9.59 Å². The molecule has 1 N–H and O–H groups in total. The van der Waals surface area contributed by atoms with Crippen LogP contribution in [0.2, 0.25) is 0 Å². The maximum atomic E-state index is 13.3. The monoisotopic (exact) mass is 363 g/mol. The Kier molecular flexibility index (Phi) is 4.48. The highest BCUT2D eigenvalue weighted by molar-refractivity contribution is 6.07. The second-order valence-corrected chi connectivity index (χ2v) is 7.66. The zero-order chi connectivity index (χ0) is 19.0. The van der Waals surface area contributed by atoms with Crippen molar-refractivity contribution in [3.63, 3.8) is 0 Å². The molecule has 140 valence electrons. The van der Waals surface area contributed by atoms with Gasteiger partial charge in [-0.05, 0) is 55.5 Å². The lowest BCUT2D eigenvalue weighted by Gasteiger charge is -2.33. The molecule has 1 atom stereocenters. The summed E-state index contributed by atoms with van der Waals surface area (Å²) in [5, 5.41) is 3.02. The Hall–Kier alpha value is -2.66. The van der Waals surface area contributed by atoms with Crippen molar-refractivity contribution < 1.29 is 9.59 Å². The van der Waals surface area contributed by atoms with Gasteiger partial charge in [-0.3, -0.25) is 9.69 Å². The normalized spacial score (nSPS) is 21.7. The average molecular weight is 363 g/mol. The van der Waals surface area contributed by atoms with Crippen LogP contribution in [0.25, 0.3) is 0 Å². The molecular formula is C22H25N3O2. The highest BCUT2D eigenvalue weighted by Crippen LogP contribution is 2.39. The van der Waals surface area contributed by atoms with Crippen LogP contribution in [0.5, 0.6) is 0 Å². The molecule has 3 amide bonds. The lowest BCUT2D eigenvalue weighted by molar-refractivity contribution is -0.133. The third-order valence-corrected chi connectivity index (χ3v) is 5.74. The first-order chi connectivity index (χ1) is 13.0. The van der Waals surface area contributed by atoms with E-state index in [0.29, 0.717) is 13.0 Å². The summed E-state index contributed by atoms with van der Waals surface area (Å²) in [5.41, 5.74) is 3.63. The Morgan fingerprint density at radius 2 is 1.85 bits per heavy atom. The van der Waals surface area contributed by atoms with E-state index in [2.05, 4.69) is 30.4 Å². The van der Waals surface area contributed by atoms with E-state index in [1.807, 2.05) is 42.3 Å². The van der Waals surface area contributed by atoms with Gasteiger partial charge in [0.25, 0.3) is 5.91 Å². The molecule has 1 fully saturated rings. The molecule has 0 bridgehead atoms. The van der Waals surface area contributed by atoms with E-state index >= 15 is 0 Å². The second kappa shape index (κ2) is 6.82. The number of benzene rings is 2. The Morgan fingerprint density at radius 1 is 1.11 bits per heavy atom. The molecule has 1 saturated heterocycles. The number of nitrogens with zero attached hydrogens (tertiary/aromatic N) is 2. The number of hydrogen-bond donors (Lipinski definition) is 1. The van der Waals surface area contributed by atoms with Crippen LogP contribution in [0.15, 0.2) is 48.5 Å². The molecule has 0 unspecified atom stereocenters. The zero-order valence-corrected chi connectivity index (χ0v) is 15.9. The Bertz CT molecular complexity index is 895. The molecule has 1 heterocycles. The van der Waals surface area contributed by atoms with Gasteiger partial charge >= 0.3 is 6.03 Å². The van der Waals surface area contributed by atoms with Crippen molar-refractivity contribution in [1.29, 1.82) is 0 Å². The number of amides is 3. The molecule has 0 aromatic heterocycles. The van der Waals surface area contributed by atoms with Crippen LogP contribution in [0.4, 0.5) is 4.79 Å². The van der Waals surface area contributed by atoms with Gasteiger partial charge in [0, 0.05) is 6.54 Å². The molecule has 1 spiro atoms. The second-order valence-electron chi connectivity index (χ2n) is 7.66. The summed E-state index contributed by atoms with van der Waals surface area (Å²) >= 11 is 0. The summed E-state index contributed by atoms with van der Waals surface area (Å²) in [6.07, 6.45) is 2.51. The predicted molar refractivity (Wildman–Crippen MR) is 104 cm³/mol. The molecule has 0 saturated carbocycles. The van der Waals surface area contributed by atoms with Crippen molar-refractivity contribution in [2.24, 2.45) is 0 Å². The van der Waals surface area contributed by atoms with Crippen LogP contribution < -0.4 is 5.32 Å². The van der Waals surface area contributed by atoms with Gasteiger partial charge in [-0.15, -0.1) is 0 Å². The van der Waals surface area contributed by atoms with Crippen molar-refractivity contribution >= 4 is 11.9 Å². The first kappa shape index (κ1) is 17.7. The number of carbonyl (C=O) groups is 2. The van der Waals surface area contributed by atoms with Gasteiger partial charge in [0.05, 0.1) is 6.67 Å². The largest absolute Gasteiger partial charge is 0.326 e. The number of fused-ring (bicyclic) bond motifs is 2. The van der Waals surface area contributed by atoms with Crippen molar-refractivity contribution in [3.8, 4) is 0 Å². The predicted octanol–water partition coefficient (Wildman–Crippen LogP) is 3.17. The van der Waals surface area contributed by atoms with Gasteiger partial charge in [-0.25, -0.2) is 9.69 Å². The van der Waals surface area contributed by atoms with E-state index in [1.165, 1.54) is 16.0 Å². The molecule has 1 aliphatic carbocycles. The molecule has 2 aliphatic rings. The topological polar surface area (TPSA) is 52.6 Å². The maximum absolute atomic E-state index is 13.3. The van der Waals surface area contributed by atoms with E-state index in [-0.39, 0.29) is 18.6 Å². The Morgan fingerprint density at radius 3 is 2.67 bits per heavy atom. The molecule has 2 aromatic rings. The highest BCUT2D eigenvalue weighted by Gasteiger charge is 2.53. The number of rotatable bonds is 4. The fourth-order valence-corrected chi connectivity index (χ4v) is 4.31. The third-order valence-electron chi connectivity index (χ3n) is 5.74. The van der Waals surface area contributed by atoms with Crippen molar-refractivity contribution in [2.75, 3.05) is 13.7 Å². The molecular weight excluding hydrogens is 338 g/mol. The highest BCUT2D eigenvalue weighted by atomic mass is 16.2. The molecule has 2 aromatic carbocycles. The smallest absolute Gasteiger partial charge is 0.319 e.